The first-order valence-corrected chi connectivity index (χ1v) is 12.4. The molecule has 1 aliphatic carbocycles. The van der Waals surface area contributed by atoms with Gasteiger partial charge in [0.15, 0.2) is 6.29 Å². The number of thiocarbonyl (C=S) groups is 1. The highest BCUT2D eigenvalue weighted by Gasteiger charge is 2.46. The number of nitrogens with zero attached hydrogens (tertiary/aromatic N) is 1. The maximum absolute atomic E-state index is 13.4. The van der Waals surface area contributed by atoms with Gasteiger partial charge in [0, 0.05) is 37.8 Å². The molecule has 2 fully saturated rings. The molecule has 0 spiro atoms. The third kappa shape index (κ3) is 4.73. The van der Waals surface area contributed by atoms with Gasteiger partial charge in [-0.25, -0.2) is 0 Å². The number of fused-ring (bicyclic) bond motifs is 1. The van der Waals surface area contributed by atoms with Crippen LogP contribution in [0.25, 0.3) is 0 Å². The number of carbonyl (C=O) groups excluding carboxylic acids is 2. The summed E-state index contributed by atoms with van der Waals surface area (Å²) in [5.41, 5.74) is 2.73. The van der Waals surface area contributed by atoms with E-state index in [9.17, 15) is 9.59 Å². The molecule has 6 nitrogen and oxygen atoms in total. The number of rotatable bonds is 7. The Balaban J connectivity index is 1.44. The molecule has 168 valence electrons. The van der Waals surface area contributed by atoms with E-state index in [1.54, 1.807) is 30.9 Å². The molecule has 2 saturated heterocycles. The SMILES string of the molecule is COC(OC)[C@@H]1CSCN1C(=O)[C@H]1NCC(=S)C1C(=O)C[C@@H]1CCc2ccccc2C1. The lowest BCUT2D eigenvalue weighted by Crippen LogP contribution is -2.53. The summed E-state index contributed by atoms with van der Waals surface area (Å²) in [4.78, 5) is 29.2. The number of methoxy groups -OCH3 is 2. The molecule has 4 rings (SSSR count). The van der Waals surface area contributed by atoms with Gasteiger partial charge in [0.25, 0.3) is 0 Å². The molecule has 31 heavy (non-hydrogen) atoms. The van der Waals surface area contributed by atoms with Crippen LogP contribution >= 0.6 is 24.0 Å². The van der Waals surface area contributed by atoms with Gasteiger partial charge in [-0.15, -0.1) is 11.8 Å². The van der Waals surface area contributed by atoms with Crippen molar-refractivity contribution in [2.75, 3.05) is 32.4 Å². The predicted octanol–water partition coefficient (Wildman–Crippen LogP) is 2.23. The third-order valence-corrected chi connectivity index (χ3v) is 8.15. The first kappa shape index (κ1) is 22.9. The van der Waals surface area contributed by atoms with Crippen molar-refractivity contribution in [2.24, 2.45) is 11.8 Å². The molecule has 4 atom stereocenters. The number of benzene rings is 1. The van der Waals surface area contributed by atoms with Gasteiger partial charge in [0.05, 0.1) is 17.8 Å². The Morgan fingerprint density at radius 3 is 2.74 bits per heavy atom. The van der Waals surface area contributed by atoms with Crippen LogP contribution < -0.4 is 5.32 Å². The van der Waals surface area contributed by atoms with Crippen LogP contribution in [-0.2, 0) is 31.9 Å². The van der Waals surface area contributed by atoms with E-state index in [0.29, 0.717) is 29.6 Å². The Bertz CT molecular complexity index is 845. The predicted molar refractivity (Wildman–Crippen MR) is 125 cm³/mol. The molecule has 0 saturated carbocycles. The van der Waals surface area contributed by atoms with Crippen molar-refractivity contribution in [3.8, 4) is 0 Å². The molecule has 0 bridgehead atoms. The highest BCUT2D eigenvalue weighted by molar-refractivity contribution is 7.99. The summed E-state index contributed by atoms with van der Waals surface area (Å²) in [6.45, 7) is 0.430. The van der Waals surface area contributed by atoms with Crippen LogP contribution in [0.5, 0.6) is 0 Å². The molecular formula is C23H30N2O4S2. The van der Waals surface area contributed by atoms with E-state index in [-0.39, 0.29) is 17.7 Å². The zero-order valence-corrected chi connectivity index (χ0v) is 19.7. The van der Waals surface area contributed by atoms with Gasteiger partial charge < -0.3 is 19.7 Å². The van der Waals surface area contributed by atoms with E-state index in [1.165, 1.54) is 11.1 Å². The van der Waals surface area contributed by atoms with Gasteiger partial charge >= 0.3 is 0 Å². The fourth-order valence-corrected chi connectivity index (χ4v) is 6.63. The zero-order valence-electron chi connectivity index (χ0n) is 18.0. The van der Waals surface area contributed by atoms with Crippen molar-refractivity contribution in [1.29, 1.82) is 0 Å². The molecule has 1 N–H and O–H groups in total. The number of amides is 1. The topological polar surface area (TPSA) is 67.9 Å². The molecule has 2 heterocycles. The average Bonchev–Trinajstić information content (AvgIpc) is 3.41. The molecule has 0 aromatic heterocycles. The Hall–Kier alpha value is -1.32. The number of ether oxygens (including phenoxy) is 2. The van der Waals surface area contributed by atoms with Gasteiger partial charge in [-0.2, -0.15) is 0 Å². The quantitative estimate of drug-likeness (QED) is 0.492. The first-order chi connectivity index (χ1) is 15.0. The van der Waals surface area contributed by atoms with E-state index in [0.717, 1.165) is 25.0 Å². The normalized spacial score (nSPS) is 28.2. The molecule has 0 radical (unpaired) electrons. The Morgan fingerprint density at radius 1 is 1.26 bits per heavy atom. The summed E-state index contributed by atoms with van der Waals surface area (Å²) in [6.07, 6.45) is 2.92. The van der Waals surface area contributed by atoms with Crippen molar-refractivity contribution in [3.05, 3.63) is 35.4 Å². The Morgan fingerprint density at radius 2 is 2.00 bits per heavy atom. The average molecular weight is 463 g/mol. The molecule has 1 amide bonds. The summed E-state index contributed by atoms with van der Waals surface area (Å²) in [5.74, 6) is 1.10. The number of hydrogen-bond donors (Lipinski definition) is 1. The lowest BCUT2D eigenvalue weighted by atomic mass is 9.79. The lowest BCUT2D eigenvalue weighted by Gasteiger charge is -2.32. The number of hydrogen-bond acceptors (Lipinski definition) is 7. The van der Waals surface area contributed by atoms with Crippen LogP contribution in [0, 0.1) is 11.8 Å². The van der Waals surface area contributed by atoms with Gasteiger partial charge in [0.2, 0.25) is 5.91 Å². The summed E-state index contributed by atoms with van der Waals surface area (Å²) < 4.78 is 10.8. The van der Waals surface area contributed by atoms with Crippen molar-refractivity contribution < 1.29 is 19.1 Å². The smallest absolute Gasteiger partial charge is 0.241 e. The minimum absolute atomic E-state index is 0.0821. The highest BCUT2D eigenvalue weighted by Crippen LogP contribution is 2.32. The summed E-state index contributed by atoms with van der Waals surface area (Å²) in [7, 11) is 3.16. The fourth-order valence-electron chi connectivity index (χ4n) is 5.08. The molecule has 1 unspecified atom stereocenters. The monoisotopic (exact) mass is 462 g/mol. The molecule has 8 heteroatoms. The van der Waals surface area contributed by atoms with E-state index in [1.807, 2.05) is 0 Å². The molecule has 1 aromatic rings. The summed E-state index contributed by atoms with van der Waals surface area (Å²) in [5, 5.41) is 3.22. The zero-order chi connectivity index (χ0) is 22.0. The van der Waals surface area contributed by atoms with Gasteiger partial charge in [0.1, 0.15) is 11.8 Å². The fraction of sp³-hybridized carbons (Fsp3) is 0.609. The first-order valence-electron chi connectivity index (χ1n) is 10.8. The van der Waals surface area contributed by atoms with Crippen LogP contribution in [0.1, 0.15) is 24.0 Å². The second kappa shape index (κ2) is 10.1. The second-order valence-corrected chi connectivity index (χ2v) is 10.1. The van der Waals surface area contributed by atoms with E-state index >= 15 is 0 Å². The van der Waals surface area contributed by atoms with Crippen molar-refractivity contribution in [1.82, 2.24) is 10.2 Å². The number of Topliss-reactive ketones (excluding diaryl/α,β-unsaturated/α-hetero) is 1. The maximum atomic E-state index is 13.4. The number of thioether (sulfide) groups is 1. The van der Waals surface area contributed by atoms with Crippen molar-refractivity contribution >= 4 is 40.5 Å². The highest BCUT2D eigenvalue weighted by atomic mass is 32.2. The number of carbonyl (C=O) groups is 2. The van der Waals surface area contributed by atoms with Crippen LogP contribution in [0.15, 0.2) is 24.3 Å². The van der Waals surface area contributed by atoms with E-state index in [4.69, 9.17) is 21.7 Å². The Labute approximate surface area is 193 Å². The minimum atomic E-state index is -0.591. The third-order valence-electron chi connectivity index (χ3n) is 6.71. The minimum Gasteiger partial charge on any atom is -0.354 e. The largest absolute Gasteiger partial charge is 0.354 e. The van der Waals surface area contributed by atoms with Crippen LogP contribution in [0.4, 0.5) is 0 Å². The van der Waals surface area contributed by atoms with Crippen molar-refractivity contribution in [2.45, 2.75) is 44.1 Å². The standard InChI is InChI=1S/C23H30N2O4S2/c1-28-23(29-2)17-12-31-13-25(17)22(27)21-20(19(30)11-24-21)18(26)10-14-7-8-15-5-3-4-6-16(15)9-14/h3-6,14,17,20-21,23-24H,7-13H2,1-2H3/t14-,17+,20?,21+/m1/s1. The number of nitrogens with one attached hydrogen (secondary N) is 1. The van der Waals surface area contributed by atoms with Crippen LogP contribution in [0.3, 0.4) is 0 Å². The molecular weight excluding hydrogens is 432 g/mol. The molecule has 1 aromatic carbocycles. The van der Waals surface area contributed by atoms with Gasteiger partial charge in [-0.1, -0.05) is 36.5 Å². The second-order valence-electron chi connectivity index (χ2n) is 8.57. The van der Waals surface area contributed by atoms with E-state index < -0.39 is 18.2 Å². The lowest BCUT2D eigenvalue weighted by molar-refractivity contribution is -0.157. The van der Waals surface area contributed by atoms with E-state index in [2.05, 4.69) is 29.6 Å². The van der Waals surface area contributed by atoms with Gasteiger partial charge in [-0.05, 0) is 36.3 Å². The molecule has 3 aliphatic rings. The van der Waals surface area contributed by atoms with Gasteiger partial charge in [-0.3, -0.25) is 9.59 Å². The number of ketones is 1. The van der Waals surface area contributed by atoms with Crippen LogP contribution in [0.2, 0.25) is 0 Å². The van der Waals surface area contributed by atoms with Crippen molar-refractivity contribution in [3.63, 3.8) is 0 Å². The van der Waals surface area contributed by atoms with Crippen LogP contribution in [-0.4, -0.2) is 72.2 Å². The summed E-state index contributed by atoms with van der Waals surface area (Å²) in [6, 6.07) is 7.71. The number of aryl methyl sites for hydroxylation is 1. The molecule has 2 aliphatic heterocycles. The summed E-state index contributed by atoms with van der Waals surface area (Å²) >= 11 is 7.20. The maximum Gasteiger partial charge on any atom is 0.241 e. The Kier molecular flexibility index (Phi) is 7.44.